The van der Waals surface area contributed by atoms with Crippen LogP contribution in [-0.2, 0) is 0 Å². The lowest BCUT2D eigenvalue weighted by Gasteiger charge is -2.41. The first-order valence-electron chi connectivity index (χ1n) is 7.26. The molecule has 0 bridgehead atoms. The van der Waals surface area contributed by atoms with E-state index in [9.17, 15) is 5.11 Å². The zero-order chi connectivity index (χ0) is 13.1. The molecule has 17 heavy (non-hydrogen) atoms. The van der Waals surface area contributed by atoms with Crippen LogP contribution in [0.4, 0.5) is 0 Å². The fourth-order valence-corrected chi connectivity index (χ4v) is 3.98. The SMILES string of the molecule is C[C@H]1C[C@H](CC2CC2(C)CO)C(C)(C)C1(C)C. The van der Waals surface area contributed by atoms with Crippen LogP contribution >= 0.6 is 0 Å². The Morgan fingerprint density at radius 3 is 1.94 bits per heavy atom. The Hall–Kier alpha value is -0.0400. The maximum atomic E-state index is 9.39. The first-order chi connectivity index (χ1) is 7.65. The monoisotopic (exact) mass is 238 g/mol. The van der Waals surface area contributed by atoms with Crippen molar-refractivity contribution in [3.63, 3.8) is 0 Å². The number of aliphatic hydroxyl groups is 1. The van der Waals surface area contributed by atoms with E-state index in [1.165, 1.54) is 19.3 Å². The van der Waals surface area contributed by atoms with Gasteiger partial charge in [0.05, 0.1) is 0 Å². The van der Waals surface area contributed by atoms with E-state index in [1.54, 1.807) is 0 Å². The van der Waals surface area contributed by atoms with Crippen LogP contribution in [0.5, 0.6) is 0 Å². The van der Waals surface area contributed by atoms with Gasteiger partial charge in [0, 0.05) is 6.61 Å². The summed E-state index contributed by atoms with van der Waals surface area (Å²) >= 11 is 0. The summed E-state index contributed by atoms with van der Waals surface area (Å²) in [5.41, 5.74) is 1.14. The molecule has 0 saturated heterocycles. The minimum Gasteiger partial charge on any atom is -0.396 e. The second kappa shape index (κ2) is 3.73. The van der Waals surface area contributed by atoms with Crippen LogP contribution in [0, 0.1) is 34.0 Å². The van der Waals surface area contributed by atoms with E-state index in [1.807, 2.05) is 0 Å². The summed E-state index contributed by atoms with van der Waals surface area (Å²) < 4.78 is 0. The second-order valence-electron chi connectivity index (χ2n) is 8.23. The molecule has 0 aromatic carbocycles. The Balaban J connectivity index is 2.05. The molecule has 0 aromatic heterocycles. The first-order valence-corrected chi connectivity index (χ1v) is 7.26. The Kier molecular flexibility index (Phi) is 2.94. The third-order valence-electron chi connectivity index (χ3n) is 7.02. The van der Waals surface area contributed by atoms with Crippen LogP contribution in [0.3, 0.4) is 0 Å². The van der Waals surface area contributed by atoms with Gasteiger partial charge in [-0.2, -0.15) is 0 Å². The number of rotatable bonds is 3. The summed E-state index contributed by atoms with van der Waals surface area (Å²) in [6.45, 7) is 14.8. The summed E-state index contributed by atoms with van der Waals surface area (Å²) in [6.07, 6.45) is 3.95. The van der Waals surface area contributed by atoms with Gasteiger partial charge in [-0.1, -0.05) is 41.5 Å². The van der Waals surface area contributed by atoms with E-state index >= 15 is 0 Å². The van der Waals surface area contributed by atoms with Crippen LogP contribution in [0.15, 0.2) is 0 Å². The van der Waals surface area contributed by atoms with Gasteiger partial charge in [0.2, 0.25) is 0 Å². The molecule has 0 spiro atoms. The standard InChI is InChI=1S/C16H30O/c1-11-7-12(15(4,5)14(11,2)3)8-13-9-16(13,6)10-17/h11-13,17H,7-10H2,1-6H3/t11-,12+,13?,16?/m0/s1. The molecule has 1 nitrogen and oxygen atoms in total. The van der Waals surface area contributed by atoms with Crippen LogP contribution in [0.25, 0.3) is 0 Å². The highest BCUT2D eigenvalue weighted by atomic mass is 16.3. The van der Waals surface area contributed by atoms with Gasteiger partial charge in [-0.25, -0.2) is 0 Å². The average molecular weight is 238 g/mol. The third kappa shape index (κ3) is 1.85. The van der Waals surface area contributed by atoms with Gasteiger partial charge in [-0.15, -0.1) is 0 Å². The highest BCUT2D eigenvalue weighted by Gasteiger charge is 2.57. The van der Waals surface area contributed by atoms with Crippen LogP contribution in [-0.4, -0.2) is 11.7 Å². The Morgan fingerprint density at radius 1 is 1.00 bits per heavy atom. The van der Waals surface area contributed by atoms with Crippen LogP contribution in [0.2, 0.25) is 0 Å². The molecule has 0 aliphatic heterocycles. The maximum Gasteiger partial charge on any atom is 0.0487 e. The molecular weight excluding hydrogens is 208 g/mol. The lowest BCUT2D eigenvalue weighted by molar-refractivity contribution is 0.0744. The van der Waals surface area contributed by atoms with Crippen molar-refractivity contribution in [3.05, 3.63) is 0 Å². The quantitative estimate of drug-likeness (QED) is 0.784. The van der Waals surface area contributed by atoms with E-state index in [0.29, 0.717) is 17.4 Å². The molecule has 100 valence electrons. The molecule has 2 unspecified atom stereocenters. The molecule has 2 aliphatic rings. The predicted molar refractivity (Wildman–Crippen MR) is 72.7 cm³/mol. The smallest absolute Gasteiger partial charge is 0.0487 e. The summed E-state index contributed by atoms with van der Waals surface area (Å²) in [7, 11) is 0. The Morgan fingerprint density at radius 2 is 1.59 bits per heavy atom. The van der Waals surface area contributed by atoms with Gasteiger partial charge >= 0.3 is 0 Å². The molecule has 0 radical (unpaired) electrons. The lowest BCUT2D eigenvalue weighted by atomic mass is 9.64. The van der Waals surface area contributed by atoms with Gasteiger partial charge in [0.1, 0.15) is 0 Å². The van der Waals surface area contributed by atoms with Crippen molar-refractivity contribution in [2.24, 2.45) is 34.0 Å². The molecule has 0 aromatic rings. The minimum atomic E-state index is 0.256. The highest BCUT2D eigenvalue weighted by Crippen LogP contribution is 2.64. The summed E-state index contributed by atoms with van der Waals surface area (Å²) in [4.78, 5) is 0. The van der Waals surface area contributed by atoms with Crippen molar-refractivity contribution in [3.8, 4) is 0 Å². The van der Waals surface area contributed by atoms with Crippen molar-refractivity contribution in [1.82, 2.24) is 0 Å². The molecule has 2 rings (SSSR count). The Bertz CT molecular complexity index is 305. The molecule has 1 N–H and O–H groups in total. The zero-order valence-electron chi connectivity index (χ0n) is 12.5. The molecule has 4 atom stereocenters. The van der Waals surface area contributed by atoms with E-state index < -0.39 is 0 Å². The topological polar surface area (TPSA) is 20.2 Å². The van der Waals surface area contributed by atoms with Gasteiger partial charge in [0.15, 0.2) is 0 Å². The summed E-state index contributed by atoms with van der Waals surface area (Å²) in [6, 6.07) is 0. The zero-order valence-corrected chi connectivity index (χ0v) is 12.5. The average Bonchev–Trinajstić information content (AvgIpc) is 2.84. The highest BCUT2D eigenvalue weighted by molar-refractivity contribution is 5.06. The first kappa shape index (κ1) is 13.4. The fourth-order valence-electron chi connectivity index (χ4n) is 3.98. The second-order valence-corrected chi connectivity index (χ2v) is 8.23. The molecular formula is C16H30O. The lowest BCUT2D eigenvalue weighted by Crippen LogP contribution is -2.34. The van der Waals surface area contributed by atoms with Crippen molar-refractivity contribution < 1.29 is 5.11 Å². The number of aliphatic hydroxyl groups excluding tert-OH is 1. The van der Waals surface area contributed by atoms with E-state index in [4.69, 9.17) is 0 Å². The fraction of sp³-hybridized carbons (Fsp3) is 1.00. The molecule has 2 fully saturated rings. The van der Waals surface area contributed by atoms with Crippen molar-refractivity contribution >= 4 is 0 Å². The minimum absolute atomic E-state index is 0.256. The maximum absolute atomic E-state index is 9.39. The van der Waals surface area contributed by atoms with Gasteiger partial charge in [-0.05, 0) is 53.3 Å². The summed E-state index contributed by atoms with van der Waals surface area (Å²) in [5.74, 6) is 2.44. The Labute approximate surface area is 107 Å². The van der Waals surface area contributed by atoms with Crippen LogP contribution < -0.4 is 0 Å². The van der Waals surface area contributed by atoms with Crippen molar-refractivity contribution in [2.45, 2.75) is 60.8 Å². The van der Waals surface area contributed by atoms with Crippen molar-refractivity contribution in [1.29, 1.82) is 0 Å². The summed E-state index contributed by atoms with van der Waals surface area (Å²) in [5, 5.41) is 9.39. The molecule has 0 amide bonds. The molecule has 1 heteroatoms. The van der Waals surface area contributed by atoms with Crippen molar-refractivity contribution in [2.75, 3.05) is 6.61 Å². The largest absolute Gasteiger partial charge is 0.396 e. The number of hydrogen-bond acceptors (Lipinski definition) is 1. The van der Waals surface area contributed by atoms with E-state index in [0.717, 1.165) is 17.8 Å². The normalized spacial score (nSPS) is 47.1. The molecule has 2 saturated carbocycles. The predicted octanol–water partition coefficient (Wildman–Crippen LogP) is 4.10. The molecule has 2 aliphatic carbocycles. The van der Waals surface area contributed by atoms with E-state index in [-0.39, 0.29) is 5.41 Å². The van der Waals surface area contributed by atoms with Crippen LogP contribution in [0.1, 0.15) is 60.8 Å². The van der Waals surface area contributed by atoms with Gasteiger partial charge in [-0.3, -0.25) is 0 Å². The number of hydrogen-bond donors (Lipinski definition) is 1. The molecule has 0 heterocycles. The van der Waals surface area contributed by atoms with Gasteiger partial charge in [0.25, 0.3) is 0 Å². The van der Waals surface area contributed by atoms with Gasteiger partial charge < -0.3 is 5.11 Å². The third-order valence-corrected chi connectivity index (χ3v) is 7.02. The van der Waals surface area contributed by atoms with E-state index in [2.05, 4.69) is 41.5 Å².